The van der Waals surface area contributed by atoms with Gasteiger partial charge in [-0.05, 0) is 37.8 Å². The van der Waals surface area contributed by atoms with Crippen LogP contribution in [0.4, 0.5) is 4.39 Å². The number of halogens is 2. The summed E-state index contributed by atoms with van der Waals surface area (Å²) in [5.41, 5.74) is 0.0166. The van der Waals surface area contributed by atoms with E-state index in [9.17, 15) is 9.18 Å². The predicted molar refractivity (Wildman–Crippen MR) is 92.3 cm³/mol. The van der Waals surface area contributed by atoms with Gasteiger partial charge in [0, 0.05) is 18.4 Å². The zero-order valence-corrected chi connectivity index (χ0v) is 14.5. The van der Waals surface area contributed by atoms with Crippen LogP contribution in [0, 0.1) is 17.1 Å². The number of carbonyl (C=O) groups is 1. The zero-order valence-electron chi connectivity index (χ0n) is 13.8. The molecule has 1 saturated carbocycles. The molecule has 0 spiro atoms. The number of nitriles is 1. The van der Waals surface area contributed by atoms with Crippen molar-refractivity contribution in [1.82, 2.24) is 15.3 Å². The van der Waals surface area contributed by atoms with Crippen molar-refractivity contribution < 1.29 is 13.9 Å². The molecule has 0 atom stereocenters. The Morgan fingerprint density at radius 1 is 1.27 bits per heavy atom. The lowest BCUT2D eigenvalue weighted by Gasteiger charge is -2.29. The molecule has 1 N–H and O–H groups in total. The van der Waals surface area contributed by atoms with Crippen LogP contribution in [0.15, 0.2) is 30.6 Å². The van der Waals surface area contributed by atoms with Crippen LogP contribution in [0.25, 0.3) is 0 Å². The van der Waals surface area contributed by atoms with E-state index in [1.807, 2.05) is 6.07 Å². The smallest absolute Gasteiger partial charge is 0.255 e. The molecule has 1 aromatic carbocycles. The summed E-state index contributed by atoms with van der Waals surface area (Å²) in [6.07, 6.45) is 5.50. The number of hydrogen-bond acceptors (Lipinski definition) is 5. The van der Waals surface area contributed by atoms with Gasteiger partial charge in [-0.3, -0.25) is 4.79 Å². The molecule has 2 aromatic rings. The van der Waals surface area contributed by atoms with Gasteiger partial charge >= 0.3 is 0 Å². The van der Waals surface area contributed by atoms with Crippen LogP contribution in [0.5, 0.6) is 5.88 Å². The highest BCUT2D eigenvalue weighted by molar-refractivity contribution is 6.33. The second-order valence-electron chi connectivity index (χ2n) is 5.98. The normalized spacial score (nSPS) is 19.4. The molecule has 1 amide bonds. The van der Waals surface area contributed by atoms with E-state index in [0.717, 1.165) is 0 Å². The fourth-order valence-electron chi connectivity index (χ4n) is 2.94. The predicted octanol–water partition coefficient (Wildman–Crippen LogP) is 3.26. The molecular weight excluding hydrogens is 359 g/mol. The molecule has 0 bridgehead atoms. The van der Waals surface area contributed by atoms with E-state index in [1.165, 1.54) is 30.6 Å². The van der Waals surface area contributed by atoms with Crippen molar-refractivity contribution in [3.63, 3.8) is 0 Å². The van der Waals surface area contributed by atoms with E-state index in [2.05, 4.69) is 15.3 Å². The number of nitrogens with one attached hydrogen (secondary N) is 1. The number of hydrogen-bond donors (Lipinski definition) is 1. The third kappa shape index (κ3) is 4.09. The van der Waals surface area contributed by atoms with Gasteiger partial charge in [-0.1, -0.05) is 17.7 Å². The number of rotatable bonds is 4. The highest BCUT2D eigenvalue weighted by atomic mass is 35.5. The van der Waals surface area contributed by atoms with Gasteiger partial charge in [0.1, 0.15) is 18.0 Å². The Balaban J connectivity index is 1.56. The summed E-state index contributed by atoms with van der Waals surface area (Å²) in [6, 6.07) is 6.01. The standard InChI is InChI=1S/C18H16ClFN4O2/c19-13-2-1-3-14(20)16(13)17(25)24-11-4-6-12(7-5-11)26-18-15(10-21)22-8-9-23-18/h1-3,8-9,11-12H,4-7H2,(H,24,25). The van der Waals surface area contributed by atoms with Crippen molar-refractivity contribution in [2.75, 3.05) is 0 Å². The highest BCUT2D eigenvalue weighted by Crippen LogP contribution is 2.25. The molecule has 0 unspecified atom stereocenters. The number of benzene rings is 1. The van der Waals surface area contributed by atoms with E-state index in [1.54, 1.807) is 0 Å². The largest absolute Gasteiger partial charge is 0.472 e. The Hall–Kier alpha value is -2.72. The van der Waals surface area contributed by atoms with Gasteiger partial charge in [0.05, 0.1) is 10.6 Å². The summed E-state index contributed by atoms with van der Waals surface area (Å²) in [5.74, 6) is -0.933. The van der Waals surface area contributed by atoms with E-state index in [0.29, 0.717) is 25.7 Å². The van der Waals surface area contributed by atoms with E-state index in [4.69, 9.17) is 21.6 Å². The summed E-state index contributed by atoms with van der Waals surface area (Å²) in [6.45, 7) is 0. The van der Waals surface area contributed by atoms with Crippen molar-refractivity contribution in [3.8, 4) is 11.9 Å². The molecule has 0 saturated heterocycles. The molecule has 0 aliphatic heterocycles. The molecule has 26 heavy (non-hydrogen) atoms. The molecule has 1 fully saturated rings. The van der Waals surface area contributed by atoms with Gasteiger partial charge in [-0.25, -0.2) is 14.4 Å². The second-order valence-corrected chi connectivity index (χ2v) is 6.39. The number of ether oxygens (including phenoxy) is 1. The average Bonchev–Trinajstić information content (AvgIpc) is 2.63. The van der Waals surface area contributed by atoms with Crippen LogP contribution in [0.2, 0.25) is 5.02 Å². The summed E-state index contributed by atoms with van der Waals surface area (Å²) < 4.78 is 19.6. The first-order chi connectivity index (χ1) is 12.6. The summed E-state index contributed by atoms with van der Waals surface area (Å²) >= 11 is 5.92. The Kier molecular flexibility index (Phi) is 5.64. The van der Waals surface area contributed by atoms with E-state index in [-0.39, 0.29) is 34.3 Å². The molecular formula is C18H16ClFN4O2. The van der Waals surface area contributed by atoms with Crippen LogP contribution >= 0.6 is 11.6 Å². The van der Waals surface area contributed by atoms with Crippen LogP contribution in [-0.4, -0.2) is 28.0 Å². The lowest BCUT2D eigenvalue weighted by atomic mass is 9.92. The lowest BCUT2D eigenvalue weighted by molar-refractivity contribution is 0.0886. The van der Waals surface area contributed by atoms with Gasteiger partial charge < -0.3 is 10.1 Å². The van der Waals surface area contributed by atoms with Crippen molar-refractivity contribution in [3.05, 3.63) is 52.7 Å². The molecule has 3 rings (SSSR count). The Labute approximate surface area is 155 Å². The fraction of sp³-hybridized carbons (Fsp3) is 0.333. The van der Waals surface area contributed by atoms with Gasteiger partial charge in [0.15, 0.2) is 0 Å². The quantitative estimate of drug-likeness (QED) is 0.887. The first-order valence-electron chi connectivity index (χ1n) is 8.21. The fourth-order valence-corrected chi connectivity index (χ4v) is 3.19. The first-order valence-corrected chi connectivity index (χ1v) is 8.59. The third-order valence-electron chi connectivity index (χ3n) is 4.25. The van der Waals surface area contributed by atoms with Crippen molar-refractivity contribution in [2.24, 2.45) is 0 Å². The molecule has 6 nitrogen and oxygen atoms in total. The average molecular weight is 375 g/mol. The zero-order chi connectivity index (χ0) is 18.5. The van der Waals surface area contributed by atoms with E-state index < -0.39 is 11.7 Å². The summed E-state index contributed by atoms with van der Waals surface area (Å²) in [7, 11) is 0. The molecule has 134 valence electrons. The Bertz CT molecular complexity index is 827. The Morgan fingerprint density at radius 3 is 2.69 bits per heavy atom. The Morgan fingerprint density at radius 2 is 2.00 bits per heavy atom. The van der Waals surface area contributed by atoms with Crippen LogP contribution in [0.3, 0.4) is 0 Å². The molecule has 0 radical (unpaired) electrons. The van der Waals surface area contributed by atoms with Crippen molar-refractivity contribution >= 4 is 17.5 Å². The summed E-state index contributed by atoms with van der Waals surface area (Å²) in [5, 5.41) is 11.9. The maximum Gasteiger partial charge on any atom is 0.255 e. The van der Waals surface area contributed by atoms with Gasteiger partial charge in [0.25, 0.3) is 11.8 Å². The van der Waals surface area contributed by atoms with Gasteiger partial charge in [-0.2, -0.15) is 5.26 Å². The number of amides is 1. The van der Waals surface area contributed by atoms with Crippen LogP contribution in [0.1, 0.15) is 41.7 Å². The van der Waals surface area contributed by atoms with E-state index >= 15 is 0 Å². The molecule has 1 aliphatic rings. The lowest BCUT2D eigenvalue weighted by Crippen LogP contribution is -2.40. The van der Waals surface area contributed by atoms with Crippen molar-refractivity contribution in [2.45, 2.75) is 37.8 Å². The van der Waals surface area contributed by atoms with Gasteiger partial charge in [-0.15, -0.1) is 0 Å². The number of nitrogens with zero attached hydrogens (tertiary/aromatic N) is 3. The second kappa shape index (κ2) is 8.11. The third-order valence-corrected chi connectivity index (χ3v) is 4.56. The van der Waals surface area contributed by atoms with Gasteiger partial charge in [0.2, 0.25) is 5.69 Å². The molecule has 1 heterocycles. The van der Waals surface area contributed by atoms with Crippen LogP contribution in [-0.2, 0) is 0 Å². The molecule has 1 aliphatic carbocycles. The highest BCUT2D eigenvalue weighted by Gasteiger charge is 2.26. The number of aromatic nitrogens is 2. The van der Waals surface area contributed by atoms with Crippen molar-refractivity contribution in [1.29, 1.82) is 5.26 Å². The minimum atomic E-state index is -0.640. The summed E-state index contributed by atoms with van der Waals surface area (Å²) in [4.78, 5) is 20.2. The molecule has 8 heteroatoms. The van der Waals surface area contributed by atoms with Crippen LogP contribution < -0.4 is 10.1 Å². The molecule has 1 aromatic heterocycles. The monoisotopic (exact) mass is 374 g/mol. The first kappa shape index (κ1) is 18.1. The maximum atomic E-state index is 13.8. The SMILES string of the molecule is N#Cc1nccnc1OC1CCC(NC(=O)c2c(F)cccc2Cl)CC1. The topological polar surface area (TPSA) is 87.9 Å². The maximum absolute atomic E-state index is 13.8. The minimum Gasteiger partial charge on any atom is -0.472 e. The minimum absolute atomic E-state index is 0.0877. The number of carbonyl (C=O) groups excluding carboxylic acids is 1.